The van der Waals surface area contributed by atoms with Crippen molar-refractivity contribution < 1.29 is 19.4 Å². The summed E-state index contributed by atoms with van der Waals surface area (Å²) in [6.45, 7) is 6.77. The van der Waals surface area contributed by atoms with E-state index in [1.165, 1.54) is 7.11 Å². The van der Waals surface area contributed by atoms with Crippen LogP contribution in [0.25, 0.3) is 0 Å². The maximum absolute atomic E-state index is 13.9. The Morgan fingerprint density at radius 2 is 1.83 bits per heavy atom. The van der Waals surface area contributed by atoms with Crippen LogP contribution in [0.1, 0.15) is 51.2 Å². The van der Waals surface area contributed by atoms with Crippen LogP contribution in [0.3, 0.4) is 0 Å². The highest BCUT2D eigenvalue weighted by Crippen LogP contribution is 2.44. The number of ether oxygens (including phenoxy) is 1. The van der Waals surface area contributed by atoms with Crippen LogP contribution in [0.4, 0.5) is 0 Å². The molecule has 0 saturated carbocycles. The first-order chi connectivity index (χ1) is 16.6. The van der Waals surface area contributed by atoms with Crippen LogP contribution in [0, 0.1) is 5.92 Å². The Morgan fingerprint density at radius 1 is 1.14 bits per heavy atom. The van der Waals surface area contributed by atoms with Gasteiger partial charge < -0.3 is 19.6 Å². The molecule has 2 saturated heterocycles. The Hall–Kier alpha value is -2.73. The number of halogens is 1. The second-order valence-electron chi connectivity index (χ2n) is 10.4. The molecule has 0 spiro atoms. The number of hydrogen-bond acceptors (Lipinski definition) is 4. The number of benzene rings is 2. The van der Waals surface area contributed by atoms with Gasteiger partial charge in [0, 0.05) is 23.0 Å². The summed E-state index contributed by atoms with van der Waals surface area (Å²) in [6.07, 6.45) is 3.39. The zero-order chi connectivity index (χ0) is 25.3. The van der Waals surface area contributed by atoms with Crippen molar-refractivity contribution in [1.29, 1.82) is 0 Å². The first-order valence-corrected chi connectivity index (χ1v) is 12.7. The van der Waals surface area contributed by atoms with E-state index in [4.69, 9.17) is 16.3 Å². The molecule has 4 rings (SSSR count). The molecule has 35 heavy (non-hydrogen) atoms. The Labute approximate surface area is 212 Å². The summed E-state index contributed by atoms with van der Waals surface area (Å²) in [5, 5.41) is 10.6. The fraction of sp³-hybridized carbons (Fsp3) is 0.500. The maximum Gasteiger partial charge on any atom is 0.227 e. The van der Waals surface area contributed by atoms with Crippen LogP contribution in [-0.4, -0.2) is 58.0 Å². The van der Waals surface area contributed by atoms with Crippen molar-refractivity contribution in [3.63, 3.8) is 0 Å². The fourth-order valence-corrected chi connectivity index (χ4v) is 6.04. The molecule has 2 amide bonds. The van der Waals surface area contributed by atoms with Crippen LogP contribution in [-0.2, 0) is 22.4 Å². The first-order valence-electron chi connectivity index (χ1n) is 12.4. The number of fused-ring (bicyclic) bond motifs is 1. The van der Waals surface area contributed by atoms with Gasteiger partial charge in [-0.3, -0.25) is 9.59 Å². The lowest BCUT2D eigenvalue weighted by Gasteiger charge is -2.42. The third kappa shape index (κ3) is 5.13. The molecule has 188 valence electrons. The van der Waals surface area contributed by atoms with E-state index in [-0.39, 0.29) is 42.0 Å². The third-order valence-electron chi connectivity index (χ3n) is 7.45. The van der Waals surface area contributed by atoms with E-state index in [9.17, 15) is 14.7 Å². The predicted molar refractivity (Wildman–Crippen MR) is 137 cm³/mol. The van der Waals surface area contributed by atoms with E-state index in [0.717, 1.165) is 36.9 Å². The molecule has 0 radical (unpaired) electrons. The lowest BCUT2D eigenvalue weighted by molar-refractivity contribution is -0.143. The second kappa shape index (κ2) is 10.1. The van der Waals surface area contributed by atoms with Crippen molar-refractivity contribution in [2.75, 3.05) is 13.7 Å². The number of phenolic OH excluding ortho intramolecular Hbond substituents is 1. The van der Waals surface area contributed by atoms with Crippen molar-refractivity contribution >= 4 is 23.4 Å². The molecular weight excluding hydrogens is 464 g/mol. The van der Waals surface area contributed by atoms with Crippen LogP contribution in [0.2, 0.25) is 5.02 Å². The summed E-state index contributed by atoms with van der Waals surface area (Å²) in [7, 11) is 1.50. The zero-order valence-corrected chi connectivity index (χ0v) is 21.7. The predicted octanol–water partition coefficient (Wildman–Crippen LogP) is 4.85. The fourth-order valence-electron chi connectivity index (χ4n) is 5.92. The van der Waals surface area contributed by atoms with Crippen molar-refractivity contribution in [2.45, 2.75) is 70.5 Å². The number of phenols is 1. The second-order valence-corrected chi connectivity index (χ2v) is 10.9. The summed E-state index contributed by atoms with van der Waals surface area (Å²) in [6, 6.07) is 12.8. The van der Waals surface area contributed by atoms with Crippen LogP contribution < -0.4 is 4.74 Å². The molecular formula is C28H35ClN2O4. The summed E-state index contributed by atoms with van der Waals surface area (Å²) < 4.78 is 5.24. The topological polar surface area (TPSA) is 70.1 Å². The molecule has 6 nitrogen and oxygen atoms in total. The SMILES string of the molecule is COc1cc(CC(=O)N2[C@H]3CCCN(C(=O)C(C)C)[C@H]3C[C@@]2(C)Cc2ccc(Cl)cc2)ccc1O. The van der Waals surface area contributed by atoms with Crippen LogP contribution in [0.15, 0.2) is 42.5 Å². The van der Waals surface area contributed by atoms with Gasteiger partial charge >= 0.3 is 0 Å². The Kier molecular flexibility index (Phi) is 7.32. The number of carbonyl (C=O) groups excluding carboxylic acids is 2. The number of aromatic hydroxyl groups is 1. The van der Waals surface area contributed by atoms with Crippen LogP contribution >= 0.6 is 11.6 Å². The highest BCUT2D eigenvalue weighted by atomic mass is 35.5. The van der Waals surface area contributed by atoms with Crippen molar-refractivity contribution in [3.8, 4) is 11.5 Å². The van der Waals surface area contributed by atoms with Gasteiger partial charge in [-0.2, -0.15) is 0 Å². The lowest BCUT2D eigenvalue weighted by Crippen LogP contribution is -2.55. The van der Waals surface area contributed by atoms with Gasteiger partial charge in [0.2, 0.25) is 11.8 Å². The normalized spacial score (nSPS) is 23.9. The summed E-state index contributed by atoms with van der Waals surface area (Å²) in [4.78, 5) is 31.1. The molecule has 2 aromatic carbocycles. The van der Waals surface area contributed by atoms with Crippen molar-refractivity contribution in [1.82, 2.24) is 9.80 Å². The van der Waals surface area contributed by atoms with Gasteiger partial charge in [-0.05, 0) is 68.0 Å². The highest BCUT2D eigenvalue weighted by Gasteiger charge is 2.54. The van der Waals surface area contributed by atoms with E-state index in [1.807, 2.05) is 43.0 Å². The summed E-state index contributed by atoms with van der Waals surface area (Å²) in [5.74, 6) is 0.509. The number of piperidine rings is 1. The number of methoxy groups -OCH3 is 1. The van der Waals surface area contributed by atoms with E-state index in [2.05, 4.69) is 11.8 Å². The molecule has 7 heteroatoms. The monoisotopic (exact) mass is 498 g/mol. The molecule has 1 N–H and O–H groups in total. The maximum atomic E-state index is 13.9. The summed E-state index contributed by atoms with van der Waals surface area (Å²) in [5.41, 5.74) is 1.45. The Morgan fingerprint density at radius 3 is 2.49 bits per heavy atom. The van der Waals surface area contributed by atoms with Crippen LogP contribution in [0.5, 0.6) is 11.5 Å². The lowest BCUT2D eigenvalue weighted by atomic mass is 9.87. The van der Waals surface area contributed by atoms with Gasteiger partial charge in [0.25, 0.3) is 0 Å². The van der Waals surface area contributed by atoms with E-state index in [1.54, 1.807) is 18.2 Å². The minimum absolute atomic E-state index is 0.00857. The molecule has 3 atom stereocenters. The number of rotatable bonds is 6. The number of carbonyl (C=O) groups is 2. The minimum Gasteiger partial charge on any atom is -0.504 e. The standard InChI is InChI=1S/C28H35ClN2O4/c1-18(2)27(34)30-13-5-6-22-23(30)17-28(3,16-19-7-10-21(29)11-8-19)31(22)26(33)15-20-9-12-24(32)25(14-20)35-4/h7-12,14,18,22-23,32H,5-6,13,15-17H2,1-4H3/t22-,23-,28+/m0/s1. The number of nitrogens with zero attached hydrogens (tertiary/aromatic N) is 2. The van der Waals surface area contributed by atoms with Crippen molar-refractivity contribution in [2.24, 2.45) is 5.92 Å². The van der Waals surface area contributed by atoms with Gasteiger partial charge in [-0.15, -0.1) is 0 Å². The molecule has 2 aliphatic rings. The molecule has 2 aromatic rings. The minimum atomic E-state index is -0.443. The largest absolute Gasteiger partial charge is 0.504 e. The number of hydrogen-bond donors (Lipinski definition) is 1. The Balaban J connectivity index is 1.67. The molecule has 0 bridgehead atoms. The van der Waals surface area contributed by atoms with Gasteiger partial charge in [0.15, 0.2) is 11.5 Å². The highest BCUT2D eigenvalue weighted by molar-refractivity contribution is 6.30. The number of amides is 2. The van der Waals surface area contributed by atoms with Crippen molar-refractivity contribution in [3.05, 3.63) is 58.6 Å². The van der Waals surface area contributed by atoms with E-state index < -0.39 is 5.54 Å². The molecule has 2 fully saturated rings. The van der Waals surface area contributed by atoms with E-state index >= 15 is 0 Å². The molecule has 2 aliphatic heterocycles. The number of likely N-dealkylation sites (tertiary alicyclic amines) is 2. The quantitative estimate of drug-likeness (QED) is 0.618. The summed E-state index contributed by atoms with van der Waals surface area (Å²) >= 11 is 6.11. The third-order valence-corrected chi connectivity index (χ3v) is 7.70. The van der Waals surface area contributed by atoms with Gasteiger partial charge in [-0.1, -0.05) is 43.6 Å². The van der Waals surface area contributed by atoms with Gasteiger partial charge in [0.1, 0.15) is 0 Å². The zero-order valence-electron chi connectivity index (χ0n) is 21.0. The molecule has 0 aromatic heterocycles. The van der Waals surface area contributed by atoms with Gasteiger partial charge in [0.05, 0.1) is 25.6 Å². The molecule has 2 heterocycles. The average molecular weight is 499 g/mol. The smallest absolute Gasteiger partial charge is 0.227 e. The Bertz CT molecular complexity index is 1090. The molecule has 0 unspecified atom stereocenters. The first kappa shape index (κ1) is 25.4. The molecule has 0 aliphatic carbocycles. The van der Waals surface area contributed by atoms with E-state index in [0.29, 0.717) is 17.2 Å². The van der Waals surface area contributed by atoms with Gasteiger partial charge in [-0.25, -0.2) is 0 Å². The average Bonchev–Trinajstić information content (AvgIpc) is 3.12.